The number of sulfonamides is 1. The van der Waals surface area contributed by atoms with Crippen molar-refractivity contribution in [1.82, 2.24) is 4.72 Å². The molecular weight excluding hydrogens is 334 g/mol. The van der Waals surface area contributed by atoms with E-state index in [4.69, 9.17) is 0 Å². The highest BCUT2D eigenvalue weighted by Gasteiger charge is 2.19. The van der Waals surface area contributed by atoms with Crippen molar-refractivity contribution < 1.29 is 17.9 Å². The molecule has 0 saturated carbocycles. The molecule has 7 heteroatoms. The topological polar surface area (TPSA) is 72.5 Å². The lowest BCUT2D eigenvalue weighted by Crippen LogP contribution is -2.34. The van der Waals surface area contributed by atoms with E-state index >= 15 is 0 Å². The first-order valence-corrected chi connectivity index (χ1v) is 8.23. The molecule has 0 aliphatic carbocycles. The van der Waals surface area contributed by atoms with E-state index in [-0.39, 0.29) is 11.3 Å². The van der Waals surface area contributed by atoms with Gasteiger partial charge in [0.2, 0.25) is 10.0 Å². The van der Waals surface area contributed by atoms with Crippen LogP contribution in [0.4, 0.5) is 0 Å². The van der Waals surface area contributed by atoms with Gasteiger partial charge in [-0.25, -0.2) is 13.1 Å². The molecule has 0 aliphatic rings. The molecule has 0 saturated heterocycles. The van der Waals surface area contributed by atoms with Gasteiger partial charge in [0.05, 0.1) is 18.4 Å². The molecule has 1 atom stereocenters. The van der Waals surface area contributed by atoms with Crippen molar-refractivity contribution in [2.24, 2.45) is 0 Å². The Bertz CT molecular complexity index is 527. The summed E-state index contributed by atoms with van der Waals surface area (Å²) in [5, 5.41) is 0.666. The zero-order valence-electron chi connectivity index (χ0n) is 10.7. The number of alkyl halides is 1. The number of hydrogen-bond donors (Lipinski definition) is 1. The molecule has 5 nitrogen and oxygen atoms in total. The predicted molar refractivity (Wildman–Crippen MR) is 75.5 cm³/mol. The number of carbonyl (C=O) groups excluding carboxylic acids is 1. The lowest BCUT2D eigenvalue weighted by Gasteiger charge is -2.13. The molecule has 19 heavy (non-hydrogen) atoms. The fourth-order valence-corrected chi connectivity index (χ4v) is 3.08. The Labute approximate surface area is 121 Å². The van der Waals surface area contributed by atoms with E-state index in [1.807, 2.05) is 0 Å². The number of benzene rings is 1. The number of methoxy groups -OCH3 is 1. The van der Waals surface area contributed by atoms with Crippen molar-refractivity contribution in [3.8, 4) is 0 Å². The minimum atomic E-state index is -3.61. The molecule has 0 aliphatic heterocycles. The minimum absolute atomic E-state index is 0.00475. The van der Waals surface area contributed by atoms with Gasteiger partial charge in [0, 0.05) is 11.4 Å². The van der Waals surface area contributed by atoms with E-state index in [1.54, 1.807) is 19.1 Å². The van der Waals surface area contributed by atoms with Gasteiger partial charge < -0.3 is 4.74 Å². The number of esters is 1. The van der Waals surface area contributed by atoms with E-state index in [9.17, 15) is 13.2 Å². The summed E-state index contributed by atoms with van der Waals surface area (Å²) in [6, 6.07) is 6.00. The normalized spacial score (nSPS) is 13.0. The molecule has 0 amide bonds. The van der Waals surface area contributed by atoms with Crippen LogP contribution in [-0.4, -0.2) is 27.5 Å². The lowest BCUT2D eigenvalue weighted by atomic mass is 10.2. The number of hydrogen-bond acceptors (Lipinski definition) is 4. The third-order valence-corrected chi connectivity index (χ3v) is 4.70. The minimum Gasteiger partial charge on any atom is -0.469 e. The first-order chi connectivity index (χ1) is 8.89. The lowest BCUT2D eigenvalue weighted by molar-refractivity contribution is -0.140. The number of rotatable bonds is 6. The highest BCUT2D eigenvalue weighted by molar-refractivity contribution is 9.08. The molecule has 0 bridgehead atoms. The Morgan fingerprint density at radius 1 is 1.37 bits per heavy atom. The maximum Gasteiger partial charge on any atom is 0.307 e. The van der Waals surface area contributed by atoms with E-state index in [1.165, 1.54) is 19.2 Å². The molecule has 0 aromatic heterocycles. The molecule has 1 unspecified atom stereocenters. The second-order valence-corrected chi connectivity index (χ2v) is 6.35. The molecule has 0 fully saturated rings. The molecule has 0 spiro atoms. The molecule has 1 aromatic carbocycles. The second kappa shape index (κ2) is 7.02. The van der Waals surface area contributed by atoms with E-state index in [0.29, 0.717) is 5.33 Å². The Morgan fingerprint density at radius 2 is 1.95 bits per heavy atom. The van der Waals surface area contributed by atoms with Gasteiger partial charge in [0.25, 0.3) is 0 Å². The fourth-order valence-electron chi connectivity index (χ4n) is 1.47. The van der Waals surface area contributed by atoms with Crippen molar-refractivity contribution in [3.63, 3.8) is 0 Å². The molecule has 1 N–H and O–H groups in total. The van der Waals surface area contributed by atoms with Crippen molar-refractivity contribution >= 4 is 31.9 Å². The monoisotopic (exact) mass is 349 g/mol. The number of halogens is 1. The van der Waals surface area contributed by atoms with Crippen LogP contribution in [0.1, 0.15) is 18.9 Å². The SMILES string of the molecule is COC(=O)CC(C)NS(=O)(=O)c1ccc(CBr)cc1. The van der Waals surface area contributed by atoms with Crippen LogP contribution in [-0.2, 0) is 24.9 Å². The van der Waals surface area contributed by atoms with E-state index in [0.717, 1.165) is 5.56 Å². The molecule has 0 heterocycles. The smallest absolute Gasteiger partial charge is 0.307 e. The van der Waals surface area contributed by atoms with E-state index < -0.39 is 22.0 Å². The van der Waals surface area contributed by atoms with Crippen LogP contribution >= 0.6 is 15.9 Å². The second-order valence-electron chi connectivity index (χ2n) is 4.08. The van der Waals surface area contributed by atoms with Gasteiger partial charge >= 0.3 is 5.97 Å². The Morgan fingerprint density at radius 3 is 2.42 bits per heavy atom. The van der Waals surface area contributed by atoms with Crippen molar-refractivity contribution in [3.05, 3.63) is 29.8 Å². The van der Waals surface area contributed by atoms with Gasteiger partial charge in [-0.2, -0.15) is 0 Å². The van der Waals surface area contributed by atoms with E-state index in [2.05, 4.69) is 25.4 Å². The van der Waals surface area contributed by atoms with Crippen molar-refractivity contribution in [2.75, 3.05) is 7.11 Å². The average molecular weight is 350 g/mol. The summed E-state index contributed by atoms with van der Waals surface area (Å²) in [7, 11) is -2.35. The summed E-state index contributed by atoms with van der Waals surface area (Å²) < 4.78 is 31.0. The van der Waals surface area contributed by atoms with Crippen LogP contribution in [0.5, 0.6) is 0 Å². The molecule has 0 radical (unpaired) electrons. The van der Waals surface area contributed by atoms with Gasteiger partial charge in [-0.05, 0) is 24.6 Å². The first-order valence-electron chi connectivity index (χ1n) is 5.63. The summed E-state index contributed by atoms with van der Waals surface area (Å²) in [6.45, 7) is 1.61. The largest absolute Gasteiger partial charge is 0.469 e. The molecule has 106 valence electrons. The summed E-state index contributed by atoms with van der Waals surface area (Å²) in [4.78, 5) is 11.2. The number of carbonyl (C=O) groups is 1. The van der Waals surface area contributed by atoms with Crippen LogP contribution in [0.2, 0.25) is 0 Å². The van der Waals surface area contributed by atoms with Crippen molar-refractivity contribution in [1.29, 1.82) is 0 Å². The zero-order valence-corrected chi connectivity index (χ0v) is 13.1. The third kappa shape index (κ3) is 4.93. The Balaban J connectivity index is 2.77. The van der Waals surface area contributed by atoms with Gasteiger partial charge in [-0.3, -0.25) is 4.79 Å². The first kappa shape index (κ1) is 16.1. The van der Waals surface area contributed by atoms with Gasteiger partial charge in [0.15, 0.2) is 0 Å². The predicted octanol–water partition coefficient (Wildman–Crippen LogP) is 1.81. The highest BCUT2D eigenvalue weighted by Crippen LogP contribution is 2.13. The number of nitrogens with one attached hydrogen (secondary N) is 1. The van der Waals surface area contributed by atoms with Gasteiger partial charge in [0.1, 0.15) is 0 Å². The summed E-state index contributed by atoms with van der Waals surface area (Å²) in [5.41, 5.74) is 0.988. The third-order valence-electron chi connectivity index (χ3n) is 2.44. The summed E-state index contributed by atoms with van der Waals surface area (Å²) >= 11 is 3.29. The standard InChI is InChI=1S/C12H16BrNO4S/c1-9(7-12(15)18-2)14-19(16,17)11-5-3-10(8-13)4-6-11/h3-6,9,14H,7-8H2,1-2H3. The van der Waals surface area contributed by atoms with Crippen molar-refractivity contribution in [2.45, 2.75) is 29.6 Å². The highest BCUT2D eigenvalue weighted by atomic mass is 79.9. The van der Waals surface area contributed by atoms with Crippen LogP contribution in [0.3, 0.4) is 0 Å². The Hall–Kier alpha value is -0.920. The average Bonchev–Trinajstić information content (AvgIpc) is 2.37. The van der Waals surface area contributed by atoms with Gasteiger partial charge in [-0.15, -0.1) is 0 Å². The van der Waals surface area contributed by atoms with Crippen LogP contribution in [0.15, 0.2) is 29.2 Å². The van der Waals surface area contributed by atoms with Crippen LogP contribution < -0.4 is 4.72 Å². The van der Waals surface area contributed by atoms with Gasteiger partial charge in [-0.1, -0.05) is 28.1 Å². The summed E-state index contributed by atoms with van der Waals surface area (Å²) in [6.07, 6.45) is -0.00475. The Kier molecular flexibility index (Phi) is 5.96. The maximum absolute atomic E-state index is 12.0. The summed E-state index contributed by atoms with van der Waals surface area (Å²) in [5.74, 6) is -0.454. The molecule has 1 aromatic rings. The fraction of sp³-hybridized carbons (Fsp3) is 0.417. The number of ether oxygens (including phenoxy) is 1. The molecule has 1 rings (SSSR count). The maximum atomic E-state index is 12.0. The molecular formula is C12H16BrNO4S. The quantitative estimate of drug-likeness (QED) is 0.627. The zero-order chi connectivity index (χ0) is 14.5. The van der Waals surface area contributed by atoms with Crippen LogP contribution in [0.25, 0.3) is 0 Å². The van der Waals surface area contributed by atoms with Crippen LogP contribution in [0, 0.1) is 0 Å².